The Morgan fingerprint density at radius 1 is 0.894 bits per heavy atom. The molecule has 8 rings (SSSR count). The first-order valence-corrected chi connectivity index (χ1v) is 23.8. The Morgan fingerprint density at radius 2 is 1.67 bits per heavy atom. The second kappa shape index (κ2) is 20.8. The van der Waals surface area contributed by atoms with Crippen LogP contribution in [0, 0.1) is 0 Å². The van der Waals surface area contributed by atoms with Crippen LogP contribution in [0.5, 0.6) is 11.5 Å². The van der Waals surface area contributed by atoms with Gasteiger partial charge >= 0.3 is 7.60 Å². The number of piperazine rings is 1. The molecule has 4 aromatic rings. The SMILES string of the molecule is COc1cc(N2CCC(N3CCN(CC(=O)NCCOc4cccc5c4CN(C4CCC(=O)NC4=O)C5=O)CC3)CC2)ccc1Nc1ncc(Cl)c(Nc2ccccc2P(=O)(OC)OC)n1. The summed E-state index contributed by atoms with van der Waals surface area (Å²) in [6, 6.07) is 17.9. The number of hydrogen-bond donors (Lipinski definition) is 4. The molecule has 4 aliphatic rings. The molecule has 1 aromatic heterocycles. The number of methoxy groups -OCH3 is 1. The lowest BCUT2D eigenvalue weighted by molar-refractivity contribution is -0.137. The van der Waals surface area contributed by atoms with Crippen LogP contribution in [0.25, 0.3) is 0 Å². The summed E-state index contributed by atoms with van der Waals surface area (Å²) < 4.78 is 35.4. The van der Waals surface area contributed by atoms with Gasteiger partial charge in [0.05, 0.1) is 49.6 Å². The predicted octanol–water partition coefficient (Wildman–Crippen LogP) is 4.28. The third-order valence-corrected chi connectivity index (χ3v) is 14.7. The van der Waals surface area contributed by atoms with Crippen LogP contribution in [0.2, 0.25) is 5.02 Å². The molecule has 4 aliphatic heterocycles. The molecule has 0 spiro atoms. The molecule has 66 heavy (non-hydrogen) atoms. The van der Waals surface area contributed by atoms with E-state index in [1.54, 1.807) is 49.6 Å². The Balaban J connectivity index is 0.764. The topological polar surface area (TPSA) is 209 Å². The molecule has 3 saturated heterocycles. The number of rotatable bonds is 17. The Morgan fingerprint density at radius 3 is 2.41 bits per heavy atom. The second-order valence-electron chi connectivity index (χ2n) is 16.3. The number of nitrogens with zero attached hydrogens (tertiary/aromatic N) is 6. The normalized spacial score (nSPS) is 18.5. The zero-order chi connectivity index (χ0) is 46.4. The molecule has 0 bridgehead atoms. The number of nitrogens with one attached hydrogen (secondary N) is 4. The van der Waals surface area contributed by atoms with E-state index in [-0.39, 0.29) is 54.7 Å². The Hall–Kier alpha value is -5.82. The minimum atomic E-state index is -3.57. The van der Waals surface area contributed by atoms with Gasteiger partial charge in [0.25, 0.3) is 5.91 Å². The summed E-state index contributed by atoms with van der Waals surface area (Å²) in [5.41, 5.74) is 3.36. The molecule has 350 valence electrons. The van der Waals surface area contributed by atoms with Crippen LogP contribution in [0.3, 0.4) is 0 Å². The molecule has 0 saturated carbocycles. The molecule has 3 fully saturated rings. The predicted molar refractivity (Wildman–Crippen MR) is 249 cm³/mol. The maximum atomic E-state index is 13.2. The number of aromatic nitrogens is 2. The maximum absolute atomic E-state index is 13.2. The van der Waals surface area contributed by atoms with Gasteiger partial charge in [0.15, 0.2) is 5.82 Å². The fourth-order valence-electron chi connectivity index (χ4n) is 8.91. The largest absolute Gasteiger partial charge is 0.494 e. The van der Waals surface area contributed by atoms with Crippen molar-refractivity contribution in [2.45, 2.75) is 44.3 Å². The van der Waals surface area contributed by atoms with Gasteiger partial charge in [-0.2, -0.15) is 4.98 Å². The van der Waals surface area contributed by atoms with Crippen LogP contribution in [0.4, 0.5) is 28.8 Å². The summed E-state index contributed by atoms with van der Waals surface area (Å²) >= 11 is 6.48. The molecule has 0 aliphatic carbocycles. The molecule has 3 aromatic carbocycles. The van der Waals surface area contributed by atoms with Crippen LogP contribution >= 0.6 is 19.2 Å². The number of fused-ring (bicyclic) bond motifs is 1. The monoisotopic (exact) mass is 944 g/mol. The van der Waals surface area contributed by atoms with Gasteiger partial charge in [-0.05, 0) is 55.7 Å². The van der Waals surface area contributed by atoms with Crippen molar-refractivity contribution in [1.82, 2.24) is 35.3 Å². The fraction of sp³-hybridized carbons (Fsp3) is 0.422. The number of carbonyl (C=O) groups excluding carboxylic acids is 4. The molecular weight excluding hydrogens is 891 g/mol. The zero-order valence-corrected chi connectivity index (χ0v) is 38.7. The number of halogens is 1. The summed E-state index contributed by atoms with van der Waals surface area (Å²) in [5, 5.41) is 12.3. The number of carbonyl (C=O) groups is 4. The molecule has 5 heterocycles. The summed E-state index contributed by atoms with van der Waals surface area (Å²) in [7, 11) is 0.698. The summed E-state index contributed by atoms with van der Waals surface area (Å²) in [4.78, 5) is 67.6. The van der Waals surface area contributed by atoms with E-state index in [1.807, 2.05) is 18.2 Å². The molecule has 19 nitrogen and oxygen atoms in total. The van der Waals surface area contributed by atoms with Crippen molar-refractivity contribution < 1.29 is 42.3 Å². The van der Waals surface area contributed by atoms with E-state index < -0.39 is 19.5 Å². The van der Waals surface area contributed by atoms with E-state index in [9.17, 15) is 23.7 Å². The summed E-state index contributed by atoms with van der Waals surface area (Å²) in [5.74, 6) is 0.611. The van der Waals surface area contributed by atoms with Crippen LogP contribution in [0.1, 0.15) is 41.6 Å². The molecule has 4 amide bonds. The third kappa shape index (κ3) is 10.4. The van der Waals surface area contributed by atoms with Crippen molar-refractivity contribution in [2.75, 3.05) is 95.8 Å². The Labute approximate surface area is 388 Å². The lowest BCUT2D eigenvalue weighted by atomic mass is 10.0. The highest BCUT2D eigenvalue weighted by molar-refractivity contribution is 7.62. The first kappa shape index (κ1) is 46.7. The van der Waals surface area contributed by atoms with Crippen molar-refractivity contribution in [3.8, 4) is 11.5 Å². The Bertz CT molecular complexity index is 2490. The number of amides is 4. The summed E-state index contributed by atoms with van der Waals surface area (Å²) in [6.07, 6.45) is 3.98. The van der Waals surface area contributed by atoms with E-state index in [4.69, 9.17) is 30.1 Å². The average molecular weight is 945 g/mol. The number of piperidine rings is 2. The highest BCUT2D eigenvalue weighted by Gasteiger charge is 2.40. The van der Waals surface area contributed by atoms with Gasteiger partial charge in [0, 0.05) is 88.8 Å². The molecular formula is C45H54ClN10O9P. The molecule has 1 atom stereocenters. The van der Waals surface area contributed by atoms with E-state index in [2.05, 4.69) is 45.9 Å². The maximum Gasteiger partial charge on any atom is 0.362 e. The lowest BCUT2D eigenvalue weighted by Gasteiger charge is -2.43. The fourth-order valence-corrected chi connectivity index (χ4v) is 10.3. The van der Waals surface area contributed by atoms with Gasteiger partial charge in [-0.1, -0.05) is 29.8 Å². The van der Waals surface area contributed by atoms with E-state index in [0.29, 0.717) is 64.3 Å². The van der Waals surface area contributed by atoms with Gasteiger partial charge in [-0.25, -0.2) is 4.98 Å². The minimum absolute atomic E-state index is 0.0712. The number of para-hydroxylation sites is 1. The van der Waals surface area contributed by atoms with Crippen LogP contribution in [0.15, 0.2) is 66.9 Å². The summed E-state index contributed by atoms with van der Waals surface area (Å²) in [6.45, 7) is 6.22. The van der Waals surface area contributed by atoms with Crippen LogP contribution in [-0.4, -0.2) is 141 Å². The van der Waals surface area contributed by atoms with E-state index in [0.717, 1.165) is 57.8 Å². The number of benzene rings is 3. The van der Waals surface area contributed by atoms with Gasteiger partial charge < -0.3 is 44.3 Å². The molecule has 0 radical (unpaired) electrons. The highest BCUT2D eigenvalue weighted by atomic mass is 35.5. The zero-order valence-electron chi connectivity index (χ0n) is 37.1. The smallest absolute Gasteiger partial charge is 0.362 e. The van der Waals surface area contributed by atoms with Crippen LogP contribution in [-0.2, 0) is 34.5 Å². The number of imide groups is 1. The molecule has 21 heteroatoms. The Kier molecular flexibility index (Phi) is 14.7. The van der Waals surface area contributed by atoms with E-state index in [1.165, 1.54) is 25.3 Å². The second-order valence-corrected chi connectivity index (χ2v) is 18.9. The van der Waals surface area contributed by atoms with Crippen molar-refractivity contribution in [1.29, 1.82) is 0 Å². The first-order valence-electron chi connectivity index (χ1n) is 21.9. The van der Waals surface area contributed by atoms with Crippen molar-refractivity contribution in [3.63, 3.8) is 0 Å². The highest BCUT2D eigenvalue weighted by Crippen LogP contribution is 2.47. The molecule has 4 N–H and O–H groups in total. The standard InChI is InChI=1S/C45H54ClN10O9P/c1-62-38-25-30(11-12-34(38)50-45-48-26-33(46)42(52-45)49-35-8-4-5-10-39(35)66(61,63-2)64-3)54-18-15-29(16-19-54)55-22-20-53(21-23-55)28-41(58)47-17-24-65-37-9-6-7-31-32(37)27-56(44(31)60)36-13-14-40(57)51-43(36)59/h4-12,25-26,29,36H,13-24,27-28H2,1-3H3,(H,47,58)(H,51,57,59)(H2,48,49,50,52). The lowest BCUT2D eigenvalue weighted by Crippen LogP contribution is -2.54. The van der Waals surface area contributed by atoms with Crippen LogP contribution < -0.4 is 40.9 Å². The van der Waals surface area contributed by atoms with Gasteiger partial charge in [0.1, 0.15) is 29.2 Å². The number of hydrogen-bond acceptors (Lipinski definition) is 16. The minimum Gasteiger partial charge on any atom is -0.494 e. The van der Waals surface area contributed by atoms with Gasteiger partial charge in [-0.3, -0.25) is 38.9 Å². The van der Waals surface area contributed by atoms with Crippen molar-refractivity contribution in [3.05, 3.63) is 83.0 Å². The van der Waals surface area contributed by atoms with Gasteiger partial charge in [0.2, 0.25) is 23.7 Å². The van der Waals surface area contributed by atoms with Crippen molar-refractivity contribution >= 4 is 77.0 Å². The molecule has 1 unspecified atom stereocenters. The first-order chi connectivity index (χ1) is 32.0. The number of ether oxygens (including phenoxy) is 2. The number of anilines is 5. The quantitative estimate of drug-likeness (QED) is 0.0662. The van der Waals surface area contributed by atoms with Gasteiger partial charge in [-0.15, -0.1) is 0 Å². The average Bonchev–Trinajstić information content (AvgIpc) is 3.67. The van der Waals surface area contributed by atoms with Crippen molar-refractivity contribution in [2.24, 2.45) is 0 Å². The third-order valence-electron chi connectivity index (χ3n) is 12.4. The van der Waals surface area contributed by atoms with E-state index >= 15 is 0 Å².